The van der Waals surface area contributed by atoms with Gasteiger partial charge in [-0.2, -0.15) is 15.8 Å². The van der Waals surface area contributed by atoms with Gasteiger partial charge >= 0.3 is 0 Å². The highest BCUT2D eigenvalue weighted by Crippen LogP contribution is 2.20. The summed E-state index contributed by atoms with van der Waals surface area (Å²) in [4.78, 5) is 4.09. The molecule has 0 saturated carbocycles. The van der Waals surface area contributed by atoms with Gasteiger partial charge in [0.2, 0.25) is 0 Å². The van der Waals surface area contributed by atoms with Crippen molar-refractivity contribution in [3.05, 3.63) is 52.3 Å². The first-order valence-electron chi connectivity index (χ1n) is 7.26. The number of nitrogens with two attached hydrogens (primary N) is 1. The van der Waals surface area contributed by atoms with E-state index in [-0.39, 0.29) is 17.0 Å². The van der Waals surface area contributed by atoms with Crippen LogP contribution in [-0.2, 0) is 0 Å². The molecule has 2 rings (SSSR count). The van der Waals surface area contributed by atoms with Gasteiger partial charge in [-0.05, 0) is 30.3 Å². The molecule has 1 fully saturated rings. The topological polar surface area (TPSA) is 104 Å². The molecule has 0 aromatic heterocycles. The lowest BCUT2D eigenvalue weighted by Crippen LogP contribution is -2.47. The molecule has 1 aliphatic heterocycles. The van der Waals surface area contributed by atoms with Crippen molar-refractivity contribution in [3.63, 3.8) is 0 Å². The van der Waals surface area contributed by atoms with Crippen LogP contribution < -0.4 is 10.6 Å². The Morgan fingerprint density at radius 2 is 1.58 bits per heavy atom. The monoisotopic (exact) mass is 338 g/mol. The third-order valence-corrected chi connectivity index (χ3v) is 3.99. The zero-order chi connectivity index (χ0) is 17.5. The molecule has 0 aliphatic carbocycles. The highest BCUT2D eigenvalue weighted by Gasteiger charge is 2.19. The largest absolute Gasteiger partial charge is 0.384 e. The van der Waals surface area contributed by atoms with Crippen molar-refractivity contribution < 1.29 is 0 Å². The van der Waals surface area contributed by atoms with Crippen LogP contribution in [0.4, 0.5) is 5.69 Å². The molecule has 24 heavy (non-hydrogen) atoms. The molecule has 1 aromatic rings. The molecule has 0 bridgehead atoms. The molecule has 0 unspecified atom stereocenters. The average molecular weight is 339 g/mol. The van der Waals surface area contributed by atoms with Crippen molar-refractivity contribution >= 4 is 17.3 Å². The Kier molecular flexibility index (Phi) is 5.68. The van der Waals surface area contributed by atoms with Crippen LogP contribution >= 0.6 is 11.6 Å². The Labute approximate surface area is 145 Å². The fourth-order valence-corrected chi connectivity index (χ4v) is 2.55. The lowest BCUT2D eigenvalue weighted by atomic mass is 10.1. The minimum atomic E-state index is -0.144. The van der Waals surface area contributed by atoms with Crippen molar-refractivity contribution in [3.8, 4) is 18.2 Å². The van der Waals surface area contributed by atoms with Crippen LogP contribution in [-0.4, -0.2) is 31.1 Å². The second-order valence-corrected chi connectivity index (χ2v) is 5.58. The highest BCUT2D eigenvalue weighted by molar-refractivity contribution is 6.30. The molecule has 0 radical (unpaired) electrons. The molecule has 1 saturated heterocycles. The van der Waals surface area contributed by atoms with Gasteiger partial charge in [-0.3, -0.25) is 0 Å². The van der Waals surface area contributed by atoms with Crippen LogP contribution in [0.3, 0.4) is 0 Å². The molecule has 7 heteroatoms. The van der Waals surface area contributed by atoms with E-state index >= 15 is 0 Å². The molecule has 1 aromatic carbocycles. The first kappa shape index (κ1) is 17.2. The summed E-state index contributed by atoms with van der Waals surface area (Å²) in [6.07, 6.45) is 1.22. The van der Waals surface area contributed by atoms with Crippen molar-refractivity contribution in [2.24, 2.45) is 5.73 Å². The predicted octanol–water partition coefficient (Wildman–Crippen LogP) is 2.13. The number of halogens is 1. The maximum absolute atomic E-state index is 9.22. The van der Waals surface area contributed by atoms with Crippen LogP contribution in [0.15, 0.2) is 47.3 Å². The van der Waals surface area contributed by atoms with Gasteiger partial charge in [0.1, 0.15) is 29.6 Å². The minimum Gasteiger partial charge on any atom is -0.384 e. The predicted molar refractivity (Wildman–Crippen MR) is 91.4 cm³/mol. The van der Waals surface area contributed by atoms with E-state index in [1.807, 2.05) is 35.2 Å². The highest BCUT2D eigenvalue weighted by atomic mass is 35.5. The number of hydrogen-bond acceptors (Lipinski definition) is 6. The Bertz CT molecular complexity index is 764. The van der Waals surface area contributed by atoms with E-state index in [9.17, 15) is 5.26 Å². The second kappa shape index (κ2) is 7.92. The Hall–Kier alpha value is -3.14. The van der Waals surface area contributed by atoms with Crippen molar-refractivity contribution in [1.29, 1.82) is 15.8 Å². The van der Waals surface area contributed by atoms with E-state index in [1.54, 1.807) is 12.1 Å². The number of nitriles is 3. The zero-order valence-electron chi connectivity index (χ0n) is 12.9. The first-order chi connectivity index (χ1) is 11.6. The van der Waals surface area contributed by atoms with Gasteiger partial charge < -0.3 is 15.5 Å². The number of allylic oxidation sites excluding steroid dienone is 3. The number of piperazine rings is 1. The number of hydrogen-bond donors (Lipinski definition) is 1. The van der Waals surface area contributed by atoms with E-state index in [4.69, 9.17) is 27.9 Å². The molecule has 0 atom stereocenters. The molecule has 120 valence electrons. The summed E-state index contributed by atoms with van der Waals surface area (Å²) in [7, 11) is 0. The molecule has 1 aliphatic rings. The molecule has 0 spiro atoms. The van der Waals surface area contributed by atoms with Crippen LogP contribution in [0.5, 0.6) is 0 Å². The third kappa shape index (κ3) is 3.98. The van der Waals surface area contributed by atoms with E-state index < -0.39 is 0 Å². The number of rotatable bonds is 3. The Balaban J connectivity index is 2.11. The fourth-order valence-electron chi connectivity index (χ4n) is 2.43. The van der Waals surface area contributed by atoms with Gasteiger partial charge in [-0.15, -0.1) is 0 Å². The van der Waals surface area contributed by atoms with Gasteiger partial charge in [0.15, 0.2) is 0 Å². The summed E-state index contributed by atoms with van der Waals surface area (Å²) >= 11 is 5.90. The molecule has 6 nitrogen and oxygen atoms in total. The zero-order valence-corrected chi connectivity index (χ0v) is 13.7. The second-order valence-electron chi connectivity index (χ2n) is 5.14. The van der Waals surface area contributed by atoms with Gasteiger partial charge in [0.25, 0.3) is 0 Å². The molecule has 0 amide bonds. The Morgan fingerprint density at radius 1 is 1.00 bits per heavy atom. The normalized spacial score (nSPS) is 14.8. The Morgan fingerprint density at radius 3 is 2.08 bits per heavy atom. The summed E-state index contributed by atoms with van der Waals surface area (Å²) in [5.74, 6) is 0.288. The van der Waals surface area contributed by atoms with E-state index in [0.29, 0.717) is 18.1 Å². The summed E-state index contributed by atoms with van der Waals surface area (Å²) < 4.78 is 0. The van der Waals surface area contributed by atoms with E-state index in [2.05, 4.69) is 4.90 Å². The smallest absolute Gasteiger partial charge is 0.131 e. The van der Waals surface area contributed by atoms with Crippen LogP contribution in [0, 0.1) is 34.0 Å². The maximum Gasteiger partial charge on any atom is 0.131 e. The summed E-state index contributed by atoms with van der Waals surface area (Å²) in [5, 5.41) is 27.5. The van der Waals surface area contributed by atoms with Crippen LogP contribution in [0.2, 0.25) is 5.02 Å². The average Bonchev–Trinajstić information content (AvgIpc) is 2.63. The van der Waals surface area contributed by atoms with Crippen LogP contribution in [0.1, 0.15) is 0 Å². The van der Waals surface area contributed by atoms with E-state index in [0.717, 1.165) is 18.8 Å². The van der Waals surface area contributed by atoms with Crippen molar-refractivity contribution in [2.45, 2.75) is 0 Å². The standard InChI is InChI=1S/C17H15ClN6/c18-15-1-3-16(4-2-15)23-5-7-24(8-6-23)17(22)14(12-21)9-13(10-19)11-20/h1-4,9H,5-8,22H2. The number of anilines is 1. The van der Waals surface area contributed by atoms with Crippen molar-refractivity contribution in [2.75, 3.05) is 31.1 Å². The summed E-state index contributed by atoms with van der Waals surface area (Å²) in [6, 6.07) is 13.0. The number of benzene rings is 1. The molecule has 1 heterocycles. The lowest BCUT2D eigenvalue weighted by Gasteiger charge is -2.37. The molecular formula is C17H15ClN6. The van der Waals surface area contributed by atoms with Gasteiger partial charge in [0.05, 0.1) is 5.57 Å². The lowest BCUT2D eigenvalue weighted by molar-refractivity contribution is 0.317. The quantitative estimate of drug-likeness (QED) is 0.668. The summed E-state index contributed by atoms with van der Waals surface area (Å²) in [5.41, 5.74) is 7.12. The van der Waals surface area contributed by atoms with Gasteiger partial charge in [0, 0.05) is 36.9 Å². The van der Waals surface area contributed by atoms with Crippen molar-refractivity contribution in [1.82, 2.24) is 4.90 Å². The van der Waals surface area contributed by atoms with Gasteiger partial charge in [-0.25, -0.2) is 0 Å². The van der Waals surface area contributed by atoms with Crippen LogP contribution in [0.25, 0.3) is 0 Å². The maximum atomic E-state index is 9.22. The summed E-state index contributed by atoms with van der Waals surface area (Å²) in [6.45, 7) is 2.77. The SMILES string of the molecule is N#CC(C#N)=CC(C#N)=C(N)N1CCN(c2ccc(Cl)cc2)CC1. The van der Waals surface area contributed by atoms with Gasteiger partial charge in [-0.1, -0.05) is 11.6 Å². The van der Waals surface area contributed by atoms with E-state index in [1.165, 1.54) is 6.08 Å². The first-order valence-corrected chi connectivity index (χ1v) is 7.64. The fraction of sp³-hybridized carbons (Fsp3) is 0.235. The minimum absolute atomic E-state index is 0.132. The molecular weight excluding hydrogens is 324 g/mol. The third-order valence-electron chi connectivity index (χ3n) is 3.74. The number of nitrogens with zero attached hydrogens (tertiary/aromatic N) is 5. The molecule has 2 N–H and O–H groups in total.